The number of hydrogen-bond donors (Lipinski definition) is 1. The Balaban J connectivity index is 2.14. The molecule has 0 aromatic rings. The SMILES string of the molecule is [O]C(=O)N[C@@H]1C[C@H]1F. The molecule has 0 saturated heterocycles. The van der Waals surface area contributed by atoms with E-state index in [1.165, 1.54) is 0 Å². The summed E-state index contributed by atoms with van der Waals surface area (Å²) in [5.74, 6) is 0. The minimum Gasteiger partial charge on any atom is -0.313 e. The van der Waals surface area contributed by atoms with Crippen molar-refractivity contribution in [3.8, 4) is 0 Å². The first-order valence-electron chi connectivity index (χ1n) is 2.31. The van der Waals surface area contributed by atoms with Gasteiger partial charge in [0, 0.05) is 6.42 Å². The molecule has 0 aromatic carbocycles. The topological polar surface area (TPSA) is 49.0 Å². The zero-order valence-electron chi connectivity index (χ0n) is 4.06. The zero-order valence-corrected chi connectivity index (χ0v) is 4.06. The highest BCUT2D eigenvalue weighted by Gasteiger charge is 2.38. The van der Waals surface area contributed by atoms with Gasteiger partial charge in [-0.25, -0.2) is 14.3 Å². The van der Waals surface area contributed by atoms with Gasteiger partial charge in [0.1, 0.15) is 6.17 Å². The van der Waals surface area contributed by atoms with Crippen LogP contribution in [0.3, 0.4) is 0 Å². The summed E-state index contributed by atoms with van der Waals surface area (Å²) in [6, 6.07) is -0.486. The van der Waals surface area contributed by atoms with Crippen LogP contribution >= 0.6 is 0 Å². The van der Waals surface area contributed by atoms with E-state index in [0.29, 0.717) is 6.42 Å². The molecule has 0 unspecified atom stereocenters. The zero-order chi connectivity index (χ0) is 6.15. The van der Waals surface area contributed by atoms with E-state index in [-0.39, 0.29) is 0 Å². The first-order valence-corrected chi connectivity index (χ1v) is 2.31. The Hall–Kier alpha value is -0.800. The molecule has 1 fully saturated rings. The van der Waals surface area contributed by atoms with Gasteiger partial charge in [-0.1, -0.05) is 0 Å². The lowest BCUT2D eigenvalue weighted by atomic mass is 10.7. The van der Waals surface area contributed by atoms with Gasteiger partial charge in [-0.3, -0.25) is 0 Å². The second-order valence-corrected chi connectivity index (χ2v) is 1.79. The summed E-state index contributed by atoms with van der Waals surface area (Å²) in [6.07, 6.45) is -2.07. The van der Waals surface area contributed by atoms with Gasteiger partial charge in [-0.05, 0) is 0 Å². The second kappa shape index (κ2) is 1.61. The van der Waals surface area contributed by atoms with Crippen molar-refractivity contribution in [2.24, 2.45) is 0 Å². The summed E-state index contributed by atoms with van der Waals surface area (Å²) in [5, 5.41) is 11.5. The third-order valence-corrected chi connectivity index (χ3v) is 1.02. The van der Waals surface area contributed by atoms with E-state index < -0.39 is 18.3 Å². The largest absolute Gasteiger partial charge is 0.450 e. The third kappa shape index (κ3) is 1.08. The smallest absolute Gasteiger partial charge is 0.313 e. The number of halogens is 1. The Morgan fingerprint density at radius 1 is 1.75 bits per heavy atom. The van der Waals surface area contributed by atoms with Gasteiger partial charge in [0.25, 0.3) is 0 Å². The van der Waals surface area contributed by atoms with Gasteiger partial charge in [0.15, 0.2) is 0 Å². The molecule has 0 spiro atoms. The van der Waals surface area contributed by atoms with Crippen LogP contribution in [0.2, 0.25) is 0 Å². The Kier molecular flexibility index (Phi) is 1.08. The van der Waals surface area contributed by atoms with Gasteiger partial charge >= 0.3 is 6.09 Å². The third-order valence-electron chi connectivity index (χ3n) is 1.02. The van der Waals surface area contributed by atoms with Gasteiger partial charge < -0.3 is 5.32 Å². The Labute approximate surface area is 45.5 Å². The number of hydrogen-bond acceptors (Lipinski definition) is 1. The lowest BCUT2D eigenvalue weighted by molar-refractivity contribution is 0.167. The predicted molar refractivity (Wildman–Crippen MR) is 22.5 cm³/mol. The van der Waals surface area contributed by atoms with E-state index in [9.17, 15) is 14.3 Å². The predicted octanol–water partition coefficient (Wildman–Crippen LogP) is 0.237. The average Bonchev–Trinajstić information content (AvgIpc) is 2.17. The van der Waals surface area contributed by atoms with Crippen molar-refractivity contribution in [3.63, 3.8) is 0 Å². The summed E-state index contributed by atoms with van der Waals surface area (Å²) in [4.78, 5) is 9.61. The number of nitrogens with one attached hydrogen (secondary N) is 1. The number of carbonyl (C=O) groups excluding carboxylic acids is 1. The second-order valence-electron chi connectivity index (χ2n) is 1.79. The molecule has 4 heteroatoms. The summed E-state index contributed by atoms with van der Waals surface area (Å²) in [5.41, 5.74) is 0. The molecule has 0 heterocycles. The molecule has 1 aliphatic carbocycles. The summed E-state index contributed by atoms with van der Waals surface area (Å²) >= 11 is 0. The fourth-order valence-electron chi connectivity index (χ4n) is 0.465. The highest BCUT2D eigenvalue weighted by Crippen LogP contribution is 2.24. The van der Waals surface area contributed by atoms with Crippen LogP contribution in [0, 0.1) is 0 Å². The van der Waals surface area contributed by atoms with Crippen LogP contribution in [-0.2, 0) is 5.11 Å². The molecule has 1 amide bonds. The fraction of sp³-hybridized carbons (Fsp3) is 0.750. The first kappa shape index (κ1) is 5.34. The van der Waals surface area contributed by atoms with Crippen LogP contribution in [0.1, 0.15) is 6.42 Å². The lowest BCUT2D eigenvalue weighted by Crippen LogP contribution is -2.23. The molecule has 1 radical (unpaired) electrons. The van der Waals surface area contributed by atoms with Crippen LogP contribution in [0.15, 0.2) is 0 Å². The number of alkyl halides is 1. The minimum atomic E-state index is -1.39. The van der Waals surface area contributed by atoms with Crippen molar-refractivity contribution in [3.05, 3.63) is 0 Å². The first-order chi connectivity index (χ1) is 3.70. The van der Waals surface area contributed by atoms with Crippen LogP contribution < -0.4 is 5.32 Å². The van der Waals surface area contributed by atoms with Crippen molar-refractivity contribution in [2.75, 3.05) is 0 Å². The molecule has 0 aliphatic heterocycles. The van der Waals surface area contributed by atoms with E-state index in [2.05, 4.69) is 0 Å². The molecule has 0 bridgehead atoms. The van der Waals surface area contributed by atoms with Crippen molar-refractivity contribution in [1.29, 1.82) is 0 Å². The molecule has 1 saturated carbocycles. The maximum atomic E-state index is 11.8. The Bertz CT molecular complexity index is 117. The molecule has 8 heavy (non-hydrogen) atoms. The molecule has 2 atom stereocenters. The molecule has 1 rings (SSSR count). The van der Waals surface area contributed by atoms with Gasteiger partial charge in [-0.15, -0.1) is 0 Å². The van der Waals surface area contributed by atoms with E-state index in [1.54, 1.807) is 0 Å². The number of amides is 1. The fourth-order valence-corrected chi connectivity index (χ4v) is 0.465. The monoisotopic (exact) mass is 118 g/mol. The number of carbonyl (C=O) groups is 1. The highest BCUT2D eigenvalue weighted by atomic mass is 19.1. The molecule has 1 aliphatic rings. The molecule has 45 valence electrons. The van der Waals surface area contributed by atoms with Crippen molar-refractivity contribution in [1.82, 2.24) is 5.32 Å². The van der Waals surface area contributed by atoms with Gasteiger partial charge in [-0.2, -0.15) is 0 Å². The van der Waals surface area contributed by atoms with Crippen LogP contribution in [0.5, 0.6) is 0 Å². The molecule has 1 N–H and O–H groups in total. The van der Waals surface area contributed by atoms with Crippen LogP contribution in [0.4, 0.5) is 9.18 Å². The van der Waals surface area contributed by atoms with E-state index in [1.807, 2.05) is 5.32 Å². The van der Waals surface area contributed by atoms with Crippen molar-refractivity contribution in [2.45, 2.75) is 18.6 Å². The molecular weight excluding hydrogens is 113 g/mol. The minimum absolute atomic E-state index is 0.300. The number of rotatable bonds is 1. The average molecular weight is 118 g/mol. The van der Waals surface area contributed by atoms with Crippen molar-refractivity contribution < 1.29 is 14.3 Å². The molecular formula is C4H5FNO2. The normalized spacial score (nSPS) is 34.1. The quantitative estimate of drug-likeness (QED) is 0.526. The summed E-state index contributed by atoms with van der Waals surface area (Å²) in [7, 11) is 0. The summed E-state index contributed by atoms with van der Waals surface area (Å²) in [6.45, 7) is 0. The highest BCUT2D eigenvalue weighted by molar-refractivity contribution is 5.65. The van der Waals surface area contributed by atoms with E-state index in [0.717, 1.165) is 0 Å². The van der Waals surface area contributed by atoms with Crippen LogP contribution in [-0.4, -0.2) is 18.3 Å². The molecule has 3 nitrogen and oxygen atoms in total. The maximum absolute atomic E-state index is 11.8. The van der Waals surface area contributed by atoms with Gasteiger partial charge in [0.2, 0.25) is 0 Å². The standard InChI is InChI=1S/C4H5FNO2/c5-2-1-3(2)6-4(7)8/h2-3,6H,1H2/t2-,3-/m1/s1. The van der Waals surface area contributed by atoms with Crippen LogP contribution in [0.25, 0.3) is 0 Å². The molecule has 0 aromatic heterocycles. The Morgan fingerprint density at radius 2 is 2.25 bits per heavy atom. The Morgan fingerprint density at radius 3 is 2.38 bits per heavy atom. The van der Waals surface area contributed by atoms with E-state index >= 15 is 0 Å². The van der Waals surface area contributed by atoms with E-state index in [4.69, 9.17) is 0 Å². The van der Waals surface area contributed by atoms with Gasteiger partial charge in [0.05, 0.1) is 6.04 Å². The lowest BCUT2D eigenvalue weighted by Gasteiger charge is -1.88. The van der Waals surface area contributed by atoms with Crippen molar-refractivity contribution >= 4 is 6.09 Å². The maximum Gasteiger partial charge on any atom is 0.450 e. The summed E-state index contributed by atoms with van der Waals surface area (Å²) < 4.78 is 11.8.